The summed E-state index contributed by atoms with van der Waals surface area (Å²) in [7, 11) is 0. The Bertz CT molecular complexity index is 490. The van der Waals surface area contributed by atoms with Gasteiger partial charge >= 0.3 is 0 Å². The fourth-order valence-electron chi connectivity index (χ4n) is 2.67. The molecule has 1 aromatic carbocycles. The minimum Gasteiger partial charge on any atom is -0.366 e. The van der Waals surface area contributed by atoms with E-state index in [1.807, 2.05) is 19.9 Å². The zero-order valence-corrected chi connectivity index (χ0v) is 12.0. The average Bonchev–Trinajstić information content (AvgIpc) is 2.78. The second-order valence-electron chi connectivity index (χ2n) is 5.53. The Morgan fingerprint density at radius 1 is 1.50 bits per heavy atom. The van der Waals surface area contributed by atoms with E-state index in [1.165, 1.54) is 12.1 Å². The standard InChI is InChI=1S/C15H22FN3O/c1-10(2)18-15(20)8-13(9-17)19-6-5-11-3-4-12(16)7-14(11)19/h3-4,7,10,13H,5-6,8-9,17H2,1-2H3,(H,18,20). The maximum Gasteiger partial charge on any atom is 0.222 e. The van der Waals surface area contributed by atoms with Gasteiger partial charge in [-0.15, -0.1) is 0 Å². The van der Waals surface area contributed by atoms with Crippen LogP contribution in [0.15, 0.2) is 18.2 Å². The summed E-state index contributed by atoms with van der Waals surface area (Å²) in [6, 6.07) is 4.85. The summed E-state index contributed by atoms with van der Waals surface area (Å²) in [4.78, 5) is 13.9. The van der Waals surface area contributed by atoms with Gasteiger partial charge in [0.15, 0.2) is 0 Å². The molecule has 3 N–H and O–H groups in total. The van der Waals surface area contributed by atoms with Crippen molar-refractivity contribution in [3.63, 3.8) is 0 Å². The molecule has 1 atom stereocenters. The number of fused-ring (bicyclic) bond motifs is 1. The van der Waals surface area contributed by atoms with Crippen molar-refractivity contribution in [1.29, 1.82) is 0 Å². The smallest absolute Gasteiger partial charge is 0.222 e. The molecule has 0 bridgehead atoms. The van der Waals surface area contributed by atoms with Gasteiger partial charge in [0.05, 0.1) is 0 Å². The molecule has 0 fully saturated rings. The Kier molecular flexibility index (Phi) is 4.60. The fraction of sp³-hybridized carbons (Fsp3) is 0.533. The molecule has 5 heteroatoms. The normalized spacial score (nSPS) is 15.3. The highest BCUT2D eigenvalue weighted by Crippen LogP contribution is 2.30. The highest BCUT2D eigenvalue weighted by molar-refractivity contribution is 5.77. The van der Waals surface area contributed by atoms with E-state index in [2.05, 4.69) is 10.2 Å². The largest absolute Gasteiger partial charge is 0.366 e. The number of hydrogen-bond acceptors (Lipinski definition) is 3. The van der Waals surface area contributed by atoms with Gasteiger partial charge in [-0.05, 0) is 38.0 Å². The number of nitrogens with zero attached hydrogens (tertiary/aromatic N) is 1. The first-order valence-corrected chi connectivity index (χ1v) is 7.05. The van der Waals surface area contributed by atoms with Gasteiger partial charge in [0, 0.05) is 37.3 Å². The van der Waals surface area contributed by atoms with Crippen molar-refractivity contribution in [2.24, 2.45) is 5.73 Å². The van der Waals surface area contributed by atoms with Crippen LogP contribution in [0.2, 0.25) is 0 Å². The number of anilines is 1. The van der Waals surface area contributed by atoms with Gasteiger partial charge < -0.3 is 16.0 Å². The number of benzene rings is 1. The SMILES string of the molecule is CC(C)NC(=O)CC(CN)N1CCc2ccc(F)cc21. The lowest BCUT2D eigenvalue weighted by molar-refractivity contribution is -0.121. The molecule has 1 aromatic rings. The van der Waals surface area contributed by atoms with Gasteiger partial charge in [0.25, 0.3) is 0 Å². The molecule has 0 spiro atoms. The summed E-state index contributed by atoms with van der Waals surface area (Å²) in [5, 5.41) is 2.87. The number of halogens is 1. The van der Waals surface area contributed by atoms with E-state index >= 15 is 0 Å². The molecule has 4 nitrogen and oxygen atoms in total. The monoisotopic (exact) mass is 279 g/mol. The van der Waals surface area contributed by atoms with Crippen molar-refractivity contribution in [2.75, 3.05) is 18.0 Å². The van der Waals surface area contributed by atoms with E-state index in [0.29, 0.717) is 13.0 Å². The molecule has 0 saturated carbocycles. The number of hydrogen-bond donors (Lipinski definition) is 2. The third-order valence-electron chi connectivity index (χ3n) is 3.56. The first-order valence-electron chi connectivity index (χ1n) is 7.05. The maximum absolute atomic E-state index is 13.4. The fourth-order valence-corrected chi connectivity index (χ4v) is 2.67. The van der Waals surface area contributed by atoms with E-state index in [-0.39, 0.29) is 23.8 Å². The Morgan fingerprint density at radius 2 is 2.25 bits per heavy atom. The second-order valence-corrected chi connectivity index (χ2v) is 5.53. The van der Waals surface area contributed by atoms with Gasteiger partial charge in [-0.1, -0.05) is 6.07 Å². The van der Waals surface area contributed by atoms with Crippen LogP contribution in [0.5, 0.6) is 0 Å². The number of carbonyl (C=O) groups is 1. The molecule has 1 heterocycles. The van der Waals surface area contributed by atoms with Crippen LogP contribution in [-0.2, 0) is 11.2 Å². The van der Waals surface area contributed by atoms with Gasteiger partial charge in [-0.3, -0.25) is 4.79 Å². The quantitative estimate of drug-likeness (QED) is 0.857. The molecular formula is C15H22FN3O. The second kappa shape index (κ2) is 6.22. The van der Waals surface area contributed by atoms with Crippen molar-refractivity contribution in [2.45, 2.75) is 38.8 Å². The number of carbonyl (C=O) groups excluding carboxylic acids is 1. The van der Waals surface area contributed by atoms with Crippen LogP contribution in [0.4, 0.5) is 10.1 Å². The van der Waals surface area contributed by atoms with Gasteiger partial charge in [0.2, 0.25) is 5.91 Å². The lowest BCUT2D eigenvalue weighted by Crippen LogP contribution is -2.44. The first-order chi connectivity index (χ1) is 9.51. The predicted molar refractivity (Wildman–Crippen MR) is 78.2 cm³/mol. The minimum absolute atomic E-state index is 0.0136. The van der Waals surface area contributed by atoms with Crippen LogP contribution in [-0.4, -0.2) is 31.1 Å². The van der Waals surface area contributed by atoms with Gasteiger partial charge in [-0.2, -0.15) is 0 Å². The number of nitrogens with two attached hydrogens (primary N) is 1. The molecule has 1 amide bonds. The van der Waals surface area contributed by atoms with E-state index in [1.54, 1.807) is 0 Å². The third kappa shape index (κ3) is 3.28. The van der Waals surface area contributed by atoms with Crippen LogP contribution in [0.1, 0.15) is 25.8 Å². The Labute approximate surface area is 119 Å². The molecule has 110 valence electrons. The van der Waals surface area contributed by atoms with Gasteiger partial charge in [-0.25, -0.2) is 4.39 Å². The summed E-state index contributed by atoms with van der Waals surface area (Å²) in [5.41, 5.74) is 7.80. The summed E-state index contributed by atoms with van der Waals surface area (Å²) in [6.07, 6.45) is 1.21. The van der Waals surface area contributed by atoms with E-state index < -0.39 is 0 Å². The predicted octanol–water partition coefficient (Wildman–Crippen LogP) is 1.43. The summed E-state index contributed by atoms with van der Waals surface area (Å²) in [6.45, 7) is 5.02. The topological polar surface area (TPSA) is 58.4 Å². The van der Waals surface area contributed by atoms with Crippen LogP contribution in [0.3, 0.4) is 0 Å². The zero-order valence-electron chi connectivity index (χ0n) is 12.0. The zero-order chi connectivity index (χ0) is 14.7. The highest BCUT2D eigenvalue weighted by Gasteiger charge is 2.27. The Balaban J connectivity index is 2.10. The third-order valence-corrected chi connectivity index (χ3v) is 3.56. The lowest BCUT2D eigenvalue weighted by atomic mass is 10.1. The molecule has 0 aromatic heterocycles. The van der Waals surface area contributed by atoms with Crippen molar-refractivity contribution in [3.8, 4) is 0 Å². The number of nitrogens with one attached hydrogen (secondary N) is 1. The Morgan fingerprint density at radius 3 is 2.90 bits per heavy atom. The summed E-state index contributed by atoms with van der Waals surface area (Å²) in [5.74, 6) is -0.265. The maximum atomic E-state index is 13.4. The van der Waals surface area contributed by atoms with Crippen molar-refractivity contribution in [1.82, 2.24) is 5.32 Å². The van der Waals surface area contributed by atoms with E-state index in [0.717, 1.165) is 24.2 Å². The molecule has 20 heavy (non-hydrogen) atoms. The molecule has 0 aliphatic carbocycles. The molecule has 1 aliphatic rings. The Hall–Kier alpha value is -1.62. The lowest BCUT2D eigenvalue weighted by Gasteiger charge is -2.29. The van der Waals surface area contributed by atoms with Crippen LogP contribution < -0.4 is 16.0 Å². The highest BCUT2D eigenvalue weighted by atomic mass is 19.1. The molecule has 1 aliphatic heterocycles. The van der Waals surface area contributed by atoms with E-state index in [9.17, 15) is 9.18 Å². The van der Waals surface area contributed by atoms with Crippen molar-refractivity contribution < 1.29 is 9.18 Å². The van der Waals surface area contributed by atoms with Crippen molar-refractivity contribution in [3.05, 3.63) is 29.6 Å². The van der Waals surface area contributed by atoms with Crippen molar-refractivity contribution >= 4 is 11.6 Å². The van der Waals surface area contributed by atoms with Crippen LogP contribution in [0.25, 0.3) is 0 Å². The van der Waals surface area contributed by atoms with Crippen LogP contribution >= 0.6 is 0 Å². The average molecular weight is 279 g/mol. The minimum atomic E-state index is -0.252. The molecule has 1 unspecified atom stereocenters. The molecule has 0 saturated heterocycles. The molecule has 2 rings (SSSR count). The first kappa shape index (κ1) is 14.8. The molecule has 0 radical (unpaired) electrons. The number of rotatable bonds is 5. The van der Waals surface area contributed by atoms with Crippen LogP contribution in [0, 0.1) is 5.82 Å². The molecular weight excluding hydrogens is 257 g/mol. The number of amides is 1. The summed E-state index contributed by atoms with van der Waals surface area (Å²) >= 11 is 0. The van der Waals surface area contributed by atoms with E-state index in [4.69, 9.17) is 5.73 Å². The van der Waals surface area contributed by atoms with Gasteiger partial charge in [0.1, 0.15) is 5.82 Å². The summed E-state index contributed by atoms with van der Waals surface area (Å²) < 4.78 is 13.4.